The van der Waals surface area contributed by atoms with Crippen molar-refractivity contribution >= 4 is 11.9 Å². The molecule has 0 atom stereocenters. The van der Waals surface area contributed by atoms with E-state index in [4.69, 9.17) is 0 Å². The average Bonchev–Trinajstić information content (AvgIpc) is 2.90. The molecule has 24 heavy (non-hydrogen) atoms. The number of nitrogens with zero attached hydrogens (tertiary/aromatic N) is 2. The molecule has 0 bridgehead atoms. The van der Waals surface area contributed by atoms with Gasteiger partial charge in [-0.1, -0.05) is 24.3 Å². The lowest BCUT2D eigenvalue weighted by atomic mass is 10.1. The number of amides is 1. The molecule has 5 heteroatoms. The minimum absolute atomic E-state index is 0.0207. The number of carbonyl (C=O) groups excluding carboxylic acids is 1. The second-order valence-corrected chi connectivity index (χ2v) is 7.31. The summed E-state index contributed by atoms with van der Waals surface area (Å²) in [6.45, 7) is 11.5. The van der Waals surface area contributed by atoms with Gasteiger partial charge in [0.05, 0.1) is 6.54 Å². The summed E-state index contributed by atoms with van der Waals surface area (Å²) in [4.78, 5) is 18.3. The summed E-state index contributed by atoms with van der Waals surface area (Å²) in [6, 6.07) is 8.39. The maximum Gasteiger partial charge on any atom is 0.222 e. The van der Waals surface area contributed by atoms with Crippen LogP contribution in [0.15, 0.2) is 29.3 Å². The molecule has 1 aliphatic heterocycles. The van der Waals surface area contributed by atoms with Crippen LogP contribution in [-0.2, 0) is 17.9 Å². The normalized spacial score (nSPS) is 15.8. The van der Waals surface area contributed by atoms with Crippen LogP contribution in [-0.4, -0.2) is 35.4 Å². The number of hydrogen-bond donors (Lipinski definition) is 2. The molecule has 1 amide bonds. The summed E-state index contributed by atoms with van der Waals surface area (Å²) < 4.78 is 0. The van der Waals surface area contributed by atoms with Gasteiger partial charge in [-0.3, -0.25) is 4.79 Å². The number of rotatable bonds is 5. The lowest BCUT2D eigenvalue weighted by Crippen LogP contribution is -2.47. The van der Waals surface area contributed by atoms with Gasteiger partial charge in [-0.15, -0.1) is 0 Å². The Balaban J connectivity index is 1.94. The maximum atomic E-state index is 11.7. The van der Waals surface area contributed by atoms with Crippen molar-refractivity contribution in [3.05, 3.63) is 35.4 Å². The quantitative estimate of drug-likeness (QED) is 0.645. The summed E-state index contributed by atoms with van der Waals surface area (Å²) in [5, 5.41) is 6.66. The monoisotopic (exact) mass is 330 g/mol. The van der Waals surface area contributed by atoms with Crippen molar-refractivity contribution < 1.29 is 4.79 Å². The Morgan fingerprint density at radius 1 is 1.21 bits per heavy atom. The van der Waals surface area contributed by atoms with Crippen LogP contribution in [0.4, 0.5) is 0 Å². The fourth-order valence-corrected chi connectivity index (χ4v) is 2.67. The van der Waals surface area contributed by atoms with Crippen molar-refractivity contribution in [3.63, 3.8) is 0 Å². The fourth-order valence-electron chi connectivity index (χ4n) is 2.67. The summed E-state index contributed by atoms with van der Waals surface area (Å²) >= 11 is 0. The summed E-state index contributed by atoms with van der Waals surface area (Å²) in [7, 11) is 0. The Labute approximate surface area is 145 Å². The summed E-state index contributed by atoms with van der Waals surface area (Å²) in [6.07, 6.45) is 1.68. The van der Waals surface area contributed by atoms with E-state index in [2.05, 4.69) is 67.6 Å². The second kappa shape index (κ2) is 8.18. The topological polar surface area (TPSA) is 56.7 Å². The van der Waals surface area contributed by atoms with Crippen LogP contribution >= 0.6 is 0 Å². The molecule has 1 saturated heterocycles. The highest BCUT2D eigenvalue weighted by Gasteiger charge is 2.19. The zero-order valence-corrected chi connectivity index (χ0v) is 15.4. The molecule has 5 nitrogen and oxygen atoms in total. The van der Waals surface area contributed by atoms with Crippen molar-refractivity contribution in [2.45, 2.75) is 59.2 Å². The highest BCUT2D eigenvalue weighted by Crippen LogP contribution is 2.15. The van der Waals surface area contributed by atoms with Crippen molar-refractivity contribution in [3.8, 4) is 0 Å². The van der Waals surface area contributed by atoms with Gasteiger partial charge in [-0.05, 0) is 45.2 Å². The molecule has 0 spiro atoms. The molecule has 132 valence electrons. The van der Waals surface area contributed by atoms with Gasteiger partial charge in [0.25, 0.3) is 0 Å². The zero-order valence-electron chi connectivity index (χ0n) is 15.4. The second-order valence-electron chi connectivity index (χ2n) is 7.31. The minimum atomic E-state index is -0.0207. The van der Waals surface area contributed by atoms with Gasteiger partial charge in [0, 0.05) is 31.6 Å². The number of hydrogen-bond acceptors (Lipinski definition) is 2. The molecule has 0 saturated carbocycles. The molecular weight excluding hydrogens is 300 g/mol. The van der Waals surface area contributed by atoms with Gasteiger partial charge >= 0.3 is 0 Å². The smallest absolute Gasteiger partial charge is 0.222 e. The third-order valence-corrected chi connectivity index (χ3v) is 3.83. The van der Waals surface area contributed by atoms with Crippen molar-refractivity contribution in [2.75, 3.05) is 13.1 Å². The van der Waals surface area contributed by atoms with Crippen LogP contribution in [0.5, 0.6) is 0 Å². The van der Waals surface area contributed by atoms with Gasteiger partial charge < -0.3 is 15.5 Å². The Morgan fingerprint density at radius 2 is 1.88 bits per heavy atom. The van der Waals surface area contributed by atoms with E-state index in [-0.39, 0.29) is 11.4 Å². The third-order valence-electron chi connectivity index (χ3n) is 3.83. The van der Waals surface area contributed by atoms with Gasteiger partial charge in [0.15, 0.2) is 5.96 Å². The Morgan fingerprint density at radius 3 is 2.42 bits per heavy atom. The molecule has 1 aromatic rings. The van der Waals surface area contributed by atoms with E-state index in [9.17, 15) is 4.79 Å². The zero-order chi connectivity index (χ0) is 17.6. The SMILES string of the molecule is CCNC(=NCc1ccc(CN2CCCC2=O)cc1)NC(C)(C)C. The number of guanidine groups is 1. The Hall–Kier alpha value is -2.04. The van der Waals surface area contributed by atoms with E-state index >= 15 is 0 Å². The minimum Gasteiger partial charge on any atom is -0.357 e. The number of carbonyl (C=O) groups is 1. The first-order chi connectivity index (χ1) is 11.4. The van der Waals surface area contributed by atoms with Gasteiger partial charge in [-0.25, -0.2) is 4.99 Å². The van der Waals surface area contributed by atoms with E-state index in [0.29, 0.717) is 13.0 Å². The highest BCUT2D eigenvalue weighted by atomic mass is 16.2. The van der Waals surface area contributed by atoms with Crippen molar-refractivity contribution in [1.29, 1.82) is 0 Å². The first-order valence-electron chi connectivity index (χ1n) is 8.79. The van der Waals surface area contributed by atoms with E-state index in [1.807, 2.05) is 4.90 Å². The van der Waals surface area contributed by atoms with Crippen LogP contribution in [0, 0.1) is 0 Å². The third kappa shape index (κ3) is 5.87. The molecule has 0 aliphatic carbocycles. The predicted octanol–water partition coefficient (Wildman–Crippen LogP) is 2.66. The first-order valence-corrected chi connectivity index (χ1v) is 8.79. The molecule has 1 aliphatic rings. The molecule has 1 fully saturated rings. The molecule has 0 radical (unpaired) electrons. The van der Waals surface area contributed by atoms with E-state index < -0.39 is 0 Å². The van der Waals surface area contributed by atoms with Crippen LogP contribution < -0.4 is 10.6 Å². The molecule has 0 aromatic heterocycles. The molecule has 1 heterocycles. The number of likely N-dealkylation sites (tertiary alicyclic amines) is 1. The van der Waals surface area contributed by atoms with E-state index in [0.717, 1.165) is 37.6 Å². The van der Waals surface area contributed by atoms with Crippen LogP contribution in [0.3, 0.4) is 0 Å². The molecule has 0 unspecified atom stereocenters. The lowest BCUT2D eigenvalue weighted by Gasteiger charge is -2.23. The summed E-state index contributed by atoms with van der Waals surface area (Å²) in [5.41, 5.74) is 2.32. The average molecular weight is 330 g/mol. The number of nitrogens with one attached hydrogen (secondary N) is 2. The van der Waals surface area contributed by atoms with Gasteiger partial charge in [0.2, 0.25) is 5.91 Å². The predicted molar refractivity (Wildman–Crippen MR) is 98.8 cm³/mol. The molecule has 2 N–H and O–H groups in total. The molecule has 1 aromatic carbocycles. The highest BCUT2D eigenvalue weighted by molar-refractivity contribution is 5.80. The Kier molecular flexibility index (Phi) is 6.23. The number of benzene rings is 1. The van der Waals surface area contributed by atoms with Crippen molar-refractivity contribution in [2.24, 2.45) is 4.99 Å². The maximum absolute atomic E-state index is 11.7. The van der Waals surface area contributed by atoms with Crippen LogP contribution in [0.2, 0.25) is 0 Å². The van der Waals surface area contributed by atoms with Crippen LogP contribution in [0.1, 0.15) is 51.7 Å². The lowest BCUT2D eigenvalue weighted by molar-refractivity contribution is -0.128. The number of aliphatic imine (C=N–C) groups is 1. The summed E-state index contributed by atoms with van der Waals surface area (Å²) in [5.74, 6) is 1.10. The molecular formula is C19H30N4O. The fraction of sp³-hybridized carbons (Fsp3) is 0.579. The van der Waals surface area contributed by atoms with Gasteiger partial charge in [0.1, 0.15) is 0 Å². The van der Waals surface area contributed by atoms with E-state index in [1.54, 1.807) is 0 Å². The van der Waals surface area contributed by atoms with Gasteiger partial charge in [-0.2, -0.15) is 0 Å². The first kappa shape index (κ1) is 18.3. The Bertz CT molecular complexity index is 572. The standard InChI is InChI=1S/C19H30N4O/c1-5-20-18(22-19(2,3)4)21-13-15-8-10-16(11-9-15)14-23-12-6-7-17(23)24/h8-11H,5-7,12-14H2,1-4H3,(H2,20,21,22). The molecule has 2 rings (SSSR count). The largest absolute Gasteiger partial charge is 0.357 e. The van der Waals surface area contributed by atoms with E-state index in [1.165, 1.54) is 5.56 Å². The van der Waals surface area contributed by atoms with Crippen molar-refractivity contribution in [1.82, 2.24) is 15.5 Å². The van der Waals surface area contributed by atoms with Crippen LogP contribution in [0.25, 0.3) is 0 Å².